The first-order valence-electron chi connectivity index (χ1n) is 13.3. The maximum absolute atomic E-state index is 14.2. The van der Waals surface area contributed by atoms with Crippen molar-refractivity contribution >= 4 is 39.1 Å². The Kier molecular flexibility index (Phi) is 10.8. The summed E-state index contributed by atoms with van der Waals surface area (Å²) in [5.74, 6) is -0.794. The predicted molar refractivity (Wildman–Crippen MR) is 162 cm³/mol. The molecule has 2 amide bonds. The minimum Gasteiger partial charge on any atom is -0.352 e. The van der Waals surface area contributed by atoms with Crippen LogP contribution in [-0.4, -0.2) is 50.0 Å². The van der Waals surface area contributed by atoms with E-state index in [0.717, 1.165) is 39.2 Å². The highest BCUT2D eigenvalue weighted by molar-refractivity contribution is 7.92. The molecule has 0 heterocycles. The second-order valence-corrected chi connectivity index (χ2v) is 12.5. The van der Waals surface area contributed by atoms with Gasteiger partial charge in [0, 0.05) is 24.0 Å². The maximum atomic E-state index is 14.2. The molecule has 0 saturated heterocycles. The molecule has 0 saturated carbocycles. The second-order valence-electron chi connectivity index (χ2n) is 10.2. The van der Waals surface area contributed by atoms with Crippen LogP contribution in [0.5, 0.6) is 0 Å². The average Bonchev–Trinajstić information content (AvgIpc) is 2.90. The van der Waals surface area contributed by atoms with E-state index in [1.165, 1.54) is 4.90 Å². The van der Waals surface area contributed by atoms with Crippen molar-refractivity contribution in [1.29, 1.82) is 0 Å². The Balaban J connectivity index is 2.09. The van der Waals surface area contributed by atoms with Crippen molar-refractivity contribution in [3.8, 4) is 0 Å². The van der Waals surface area contributed by atoms with Gasteiger partial charge in [-0.05, 0) is 67.6 Å². The summed E-state index contributed by atoms with van der Waals surface area (Å²) < 4.78 is 27.1. The van der Waals surface area contributed by atoms with Crippen LogP contribution in [0.3, 0.4) is 0 Å². The lowest BCUT2D eigenvalue weighted by atomic mass is 10.0. The Morgan fingerprint density at radius 2 is 1.60 bits per heavy atom. The number of nitrogens with one attached hydrogen (secondary N) is 1. The van der Waals surface area contributed by atoms with E-state index >= 15 is 0 Å². The molecule has 0 aliphatic carbocycles. The Hall–Kier alpha value is -3.36. The molecule has 7 nitrogen and oxygen atoms in total. The number of carbonyl (C=O) groups excluding carboxylic acids is 2. The molecule has 3 rings (SSSR count). The zero-order valence-corrected chi connectivity index (χ0v) is 25.3. The van der Waals surface area contributed by atoms with Gasteiger partial charge in [-0.25, -0.2) is 8.42 Å². The van der Waals surface area contributed by atoms with Crippen LogP contribution in [0.15, 0.2) is 72.8 Å². The molecule has 2 atom stereocenters. The lowest BCUT2D eigenvalue weighted by Crippen LogP contribution is -2.54. The molecule has 0 spiro atoms. The van der Waals surface area contributed by atoms with Crippen LogP contribution in [0.25, 0.3) is 0 Å². The van der Waals surface area contributed by atoms with Gasteiger partial charge in [-0.1, -0.05) is 73.1 Å². The number of carbonyl (C=O) groups is 2. The third kappa shape index (κ3) is 8.32. The standard InChI is InChI=1S/C31H38ClN3O4S/c1-6-23(3)33-31(37)29(19-25-13-8-7-9-14-25)34(20-26-15-11-16-27(32)18-26)30(36)21-35(40(5,38)39)28-17-10-12-22(2)24(28)4/h7-18,23,29H,6,19-21H2,1-5H3,(H,33,37). The topological polar surface area (TPSA) is 86.8 Å². The van der Waals surface area contributed by atoms with E-state index in [9.17, 15) is 18.0 Å². The van der Waals surface area contributed by atoms with E-state index in [-0.39, 0.29) is 24.9 Å². The zero-order chi connectivity index (χ0) is 29.4. The quantitative estimate of drug-likeness (QED) is 0.314. The van der Waals surface area contributed by atoms with E-state index < -0.39 is 28.5 Å². The van der Waals surface area contributed by atoms with Crippen molar-refractivity contribution in [3.05, 3.63) is 100 Å². The molecule has 1 N–H and O–H groups in total. The second kappa shape index (κ2) is 13.8. The number of aryl methyl sites for hydroxylation is 1. The molecule has 0 aliphatic heterocycles. The highest BCUT2D eigenvalue weighted by Crippen LogP contribution is 2.26. The Morgan fingerprint density at radius 1 is 0.950 bits per heavy atom. The van der Waals surface area contributed by atoms with E-state index in [2.05, 4.69) is 5.32 Å². The number of anilines is 1. The summed E-state index contributed by atoms with van der Waals surface area (Å²) in [6, 6.07) is 20.9. The normalized spacial score (nSPS) is 12.8. The van der Waals surface area contributed by atoms with Crippen molar-refractivity contribution in [2.45, 2.75) is 59.2 Å². The van der Waals surface area contributed by atoms with Gasteiger partial charge in [-0.2, -0.15) is 0 Å². The van der Waals surface area contributed by atoms with Crippen LogP contribution in [0, 0.1) is 13.8 Å². The summed E-state index contributed by atoms with van der Waals surface area (Å²) in [4.78, 5) is 29.3. The number of hydrogen-bond donors (Lipinski definition) is 1. The smallest absolute Gasteiger partial charge is 0.244 e. The van der Waals surface area contributed by atoms with Gasteiger partial charge in [0.2, 0.25) is 21.8 Å². The predicted octanol–water partition coefficient (Wildman–Crippen LogP) is 5.28. The van der Waals surface area contributed by atoms with Gasteiger partial charge < -0.3 is 10.2 Å². The van der Waals surface area contributed by atoms with Crippen LogP contribution in [0.4, 0.5) is 5.69 Å². The molecule has 3 aromatic rings. The summed E-state index contributed by atoms with van der Waals surface area (Å²) in [5.41, 5.74) is 3.71. The third-order valence-electron chi connectivity index (χ3n) is 7.04. The van der Waals surface area contributed by atoms with Gasteiger partial charge in [0.25, 0.3) is 0 Å². The lowest BCUT2D eigenvalue weighted by Gasteiger charge is -2.34. The monoisotopic (exact) mass is 583 g/mol. The van der Waals surface area contributed by atoms with Crippen LogP contribution in [0.1, 0.15) is 42.5 Å². The Labute approximate surface area is 243 Å². The number of sulfonamides is 1. The highest BCUT2D eigenvalue weighted by Gasteiger charge is 2.33. The molecule has 0 aliphatic rings. The maximum Gasteiger partial charge on any atom is 0.244 e. The van der Waals surface area contributed by atoms with E-state index in [0.29, 0.717) is 10.7 Å². The number of benzene rings is 3. The number of hydrogen-bond acceptors (Lipinski definition) is 4. The summed E-state index contributed by atoms with van der Waals surface area (Å²) in [5, 5.41) is 3.53. The molecule has 0 fully saturated rings. The lowest BCUT2D eigenvalue weighted by molar-refractivity contribution is -0.140. The average molecular weight is 584 g/mol. The van der Waals surface area contributed by atoms with E-state index in [4.69, 9.17) is 11.6 Å². The number of halogens is 1. The number of nitrogens with zero attached hydrogens (tertiary/aromatic N) is 2. The van der Waals surface area contributed by atoms with Crippen LogP contribution in [-0.2, 0) is 32.6 Å². The minimum absolute atomic E-state index is 0.0786. The first-order chi connectivity index (χ1) is 18.9. The van der Waals surface area contributed by atoms with Crippen LogP contribution < -0.4 is 9.62 Å². The SMILES string of the molecule is CCC(C)NC(=O)C(Cc1ccccc1)N(Cc1cccc(Cl)c1)C(=O)CN(c1cccc(C)c1C)S(C)(=O)=O. The summed E-state index contributed by atoms with van der Waals surface area (Å²) in [6.45, 7) is 7.23. The minimum atomic E-state index is -3.83. The highest BCUT2D eigenvalue weighted by atomic mass is 35.5. The fourth-order valence-electron chi connectivity index (χ4n) is 4.43. The molecular formula is C31H38ClN3O4S. The summed E-state index contributed by atoms with van der Waals surface area (Å²) >= 11 is 6.25. The molecule has 214 valence electrons. The van der Waals surface area contributed by atoms with Crippen molar-refractivity contribution < 1.29 is 18.0 Å². The molecule has 3 aromatic carbocycles. The molecule has 9 heteroatoms. The van der Waals surface area contributed by atoms with Gasteiger partial charge in [-0.3, -0.25) is 13.9 Å². The first kappa shape index (κ1) is 31.2. The van der Waals surface area contributed by atoms with Crippen molar-refractivity contribution in [2.75, 3.05) is 17.1 Å². The molecule has 2 unspecified atom stereocenters. The summed E-state index contributed by atoms with van der Waals surface area (Å²) in [6.07, 6.45) is 2.07. The summed E-state index contributed by atoms with van der Waals surface area (Å²) in [7, 11) is -3.83. The molecular weight excluding hydrogens is 546 g/mol. The van der Waals surface area contributed by atoms with Gasteiger partial charge in [0.15, 0.2) is 0 Å². The van der Waals surface area contributed by atoms with Crippen molar-refractivity contribution in [3.63, 3.8) is 0 Å². The van der Waals surface area contributed by atoms with E-state index in [1.54, 1.807) is 30.3 Å². The van der Waals surface area contributed by atoms with Crippen LogP contribution >= 0.6 is 11.6 Å². The van der Waals surface area contributed by atoms with Crippen molar-refractivity contribution in [2.24, 2.45) is 0 Å². The van der Waals surface area contributed by atoms with Gasteiger partial charge in [-0.15, -0.1) is 0 Å². The molecule has 40 heavy (non-hydrogen) atoms. The van der Waals surface area contributed by atoms with Gasteiger partial charge in [0.05, 0.1) is 11.9 Å². The Bertz CT molecular complexity index is 1430. The fourth-order valence-corrected chi connectivity index (χ4v) is 5.54. The number of amides is 2. The molecule has 0 radical (unpaired) electrons. The van der Waals surface area contributed by atoms with Gasteiger partial charge >= 0.3 is 0 Å². The Morgan fingerprint density at radius 3 is 2.23 bits per heavy atom. The van der Waals surface area contributed by atoms with Crippen molar-refractivity contribution in [1.82, 2.24) is 10.2 Å². The van der Waals surface area contributed by atoms with Gasteiger partial charge in [0.1, 0.15) is 12.6 Å². The first-order valence-corrected chi connectivity index (χ1v) is 15.6. The molecule has 0 aromatic heterocycles. The van der Waals surface area contributed by atoms with Crippen LogP contribution in [0.2, 0.25) is 5.02 Å². The van der Waals surface area contributed by atoms with E-state index in [1.807, 2.05) is 70.2 Å². The fraction of sp³-hybridized carbons (Fsp3) is 0.355. The largest absolute Gasteiger partial charge is 0.352 e. The zero-order valence-electron chi connectivity index (χ0n) is 23.7. The molecule has 0 bridgehead atoms. The third-order valence-corrected chi connectivity index (χ3v) is 8.40. The number of rotatable bonds is 12.